The van der Waals surface area contributed by atoms with Gasteiger partial charge in [0.2, 0.25) is 11.8 Å². The van der Waals surface area contributed by atoms with Crippen LogP contribution in [0.3, 0.4) is 0 Å². The van der Waals surface area contributed by atoms with Gasteiger partial charge in [0.05, 0.1) is 13.2 Å². The second-order valence-electron chi connectivity index (χ2n) is 8.33. The van der Waals surface area contributed by atoms with E-state index >= 15 is 0 Å². The molecule has 0 unspecified atom stereocenters. The third-order valence-electron chi connectivity index (χ3n) is 6.00. The molecule has 0 saturated carbocycles. The molecule has 1 fully saturated rings. The number of halogens is 1. The van der Waals surface area contributed by atoms with Crippen LogP contribution < -0.4 is 15.4 Å². The van der Waals surface area contributed by atoms with Gasteiger partial charge in [-0.2, -0.15) is 0 Å². The van der Waals surface area contributed by atoms with Crippen molar-refractivity contribution in [3.8, 4) is 5.75 Å². The zero-order valence-corrected chi connectivity index (χ0v) is 18.1. The van der Waals surface area contributed by atoms with Crippen molar-refractivity contribution < 1.29 is 18.7 Å². The fourth-order valence-corrected chi connectivity index (χ4v) is 4.22. The Morgan fingerprint density at radius 2 is 1.75 bits per heavy atom. The van der Waals surface area contributed by atoms with E-state index in [-0.39, 0.29) is 31.2 Å². The van der Waals surface area contributed by atoms with Crippen LogP contribution in [0.5, 0.6) is 5.75 Å². The van der Waals surface area contributed by atoms with Crippen molar-refractivity contribution in [1.82, 2.24) is 9.80 Å². The van der Waals surface area contributed by atoms with Crippen LogP contribution in [0.25, 0.3) is 0 Å². The van der Waals surface area contributed by atoms with Crippen LogP contribution in [0.2, 0.25) is 0 Å². The number of fused-ring (bicyclic) bond motifs is 1. The van der Waals surface area contributed by atoms with Gasteiger partial charge >= 0.3 is 0 Å². The maximum Gasteiger partial charge on any atom is 0.241 e. The molecule has 2 aliphatic heterocycles. The van der Waals surface area contributed by atoms with E-state index in [2.05, 4.69) is 28.0 Å². The second kappa shape index (κ2) is 10.1. The number of primary amides is 1. The number of ether oxygens (including phenoxy) is 1. The second-order valence-corrected chi connectivity index (χ2v) is 8.33. The van der Waals surface area contributed by atoms with E-state index in [9.17, 15) is 14.0 Å². The normalized spacial score (nSPS) is 16.4. The molecule has 8 heteroatoms. The summed E-state index contributed by atoms with van der Waals surface area (Å²) in [5.74, 6) is 0.0313. The molecule has 0 spiro atoms. The number of carbonyl (C=O) groups excluding carboxylic acids is 2. The van der Waals surface area contributed by atoms with Gasteiger partial charge in [-0.1, -0.05) is 12.1 Å². The molecule has 170 valence electrons. The van der Waals surface area contributed by atoms with Gasteiger partial charge in [-0.05, 0) is 41.5 Å². The topological polar surface area (TPSA) is 79.1 Å². The van der Waals surface area contributed by atoms with Gasteiger partial charge in [0, 0.05) is 57.8 Å². The van der Waals surface area contributed by atoms with Gasteiger partial charge in [-0.25, -0.2) is 4.39 Å². The van der Waals surface area contributed by atoms with Crippen molar-refractivity contribution in [2.45, 2.75) is 19.4 Å². The van der Waals surface area contributed by atoms with E-state index in [4.69, 9.17) is 10.5 Å². The van der Waals surface area contributed by atoms with Crippen LogP contribution >= 0.6 is 0 Å². The first kappa shape index (κ1) is 22.2. The summed E-state index contributed by atoms with van der Waals surface area (Å²) in [7, 11) is 0. The molecular formula is C24H29FN4O3. The Balaban J connectivity index is 1.31. The molecule has 2 aliphatic rings. The summed E-state index contributed by atoms with van der Waals surface area (Å²) >= 11 is 0. The maximum absolute atomic E-state index is 13.3. The average molecular weight is 441 g/mol. The van der Waals surface area contributed by atoms with Crippen molar-refractivity contribution in [2.24, 2.45) is 5.73 Å². The van der Waals surface area contributed by atoms with E-state index in [1.165, 1.54) is 28.2 Å². The number of nitrogens with two attached hydrogens (primary N) is 1. The van der Waals surface area contributed by atoms with Crippen LogP contribution in [-0.2, 0) is 22.6 Å². The highest BCUT2D eigenvalue weighted by Gasteiger charge is 2.23. The lowest BCUT2D eigenvalue weighted by Gasteiger charge is -2.35. The van der Waals surface area contributed by atoms with Gasteiger partial charge in [0.1, 0.15) is 11.6 Å². The summed E-state index contributed by atoms with van der Waals surface area (Å²) in [4.78, 5) is 30.3. The SMILES string of the molecule is NC(=O)CCN(C(=O)CN1CCN(Cc2ccc3c(c2)CCO3)CC1)c1ccc(F)cc1. The third-order valence-corrected chi connectivity index (χ3v) is 6.00. The molecule has 4 rings (SSSR count). The molecule has 7 nitrogen and oxygen atoms in total. The van der Waals surface area contributed by atoms with Crippen molar-refractivity contribution in [3.63, 3.8) is 0 Å². The first-order valence-corrected chi connectivity index (χ1v) is 11.0. The quantitative estimate of drug-likeness (QED) is 0.677. The Bertz CT molecular complexity index is 958. The Morgan fingerprint density at radius 3 is 2.47 bits per heavy atom. The smallest absolute Gasteiger partial charge is 0.241 e. The minimum Gasteiger partial charge on any atom is -0.493 e. The maximum atomic E-state index is 13.3. The molecule has 32 heavy (non-hydrogen) atoms. The molecule has 2 N–H and O–H groups in total. The molecule has 0 aliphatic carbocycles. The number of piperazine rings is 1. The Kier molecular flexibility index (Phi) is 7.02. The van der Waals surface area contributed by atoms with Gasteiger partial charge in [0.25, 0.3) is 0 Å². The van der Waals surface area contributed by atoms with Crippen LogP contribution in [0.15, 0.2) is 42.5 Å². The lowest BCUT2D eigenvalue weighted by atomic mass is 10.1. The fourth-order valence-electron chi connectivity index (χ4n) is 4.22. The molecule has 1 saturated heterocycles. The van der Waals surface area contributed by atoms with Gasteiger partial charge in [0.15, 0.2) is 0 Å². The minimum atomic E-state index is -0.475. The van der Waals surface area contributed by atoms with E-state index < -0.39 is 5.91 Å². The van der Waals surface area contributed by atoms with Gasteiger partial charge in [-0.15, -0.1) is 0 Å². The van der Waals surface area contributed by atoms with E-state index in [0.29, 0.717) is 5.69 Å². The first-order valence-electron chi connectivity index (χ1n) is 11.0. The number of hydrogen-bond donors (Lipinski definition) is 1. The van der Waals surface area contributed by atoms with Crippen LogP contribution in [0.1, 0.15) is 17.5 Å². The van der Waals surface area contributed by atoms with E-state index in [0.717, 1.165) is 51.5 Å². The summed E-state index contributed by atoms with van der Waals surface area (Å²) < 4.78 is 18.9. The van der Waals surface area contributed by atoms with E-state index in [1.807, 2.05) is 0 Å². The third kappa shape index (κ3) is 5.63. The number of carbonyl (C=O) groups is 2. The molecule has 0 radical (unpaired) electrons. The number of anilines is 1. The van der Waals surface area contributed by atoms with Gasteiger partial charge in [-0.3, -0.25) is 19.4 Å². The first-order chi connectivity index (χ1) is 15.5. The highest BCUT2D eigenvalue weighted by atomic mass is 19.1. The van der Waals surface area contributed by atoms with Crippen molar-refractivity contribution in [3.05, 3.63) is 59.4 Å². The standard InChI is InChI=1S/C24H29FN4O3/c25-20-2-4-21(5-3-20)29(9-7-23(26)30)24(31)17-28-12-10-27(11-13-28)16-18-1-6-22-19(15-18)8-14-32-22/h1-6,15H,7-14,16-17H2,(H2,26,30). The molecule has 0 atom stereocenters. The number of nitrogens with zero attached hydrogens (tertiary/aromatic N) is 3. The summed E-state index contributed by atoms with van der Waals surface area (Å²) in [6.07, 6.45) is 1.03. The van der Waals surface area contributed by atoms with Crippen LogP contribution in [-0.4, -0.2) is 67.5 Å². The van der Waals surface area contributed by atoms with Crippen molar-refractivity contribution >= 4 is 17.5 Å². The van der Waals surface area contributed by atoms with Crippen LogP contribution in [0.4, 0.5) is 10.1 Å². The van der Waals surface area contributed by atoms with Gasteiger partial charge < -0.3 is 15.4 Å². The molecule has 2 aromatic rings. The Labute approximate surface area is 187 Å². The van der Waals surface area contributed by atoms with E-state index in [1.54, 1.807) is 12.1 Å². The molecule has 2 heterocycles. The lowest BCUT2D eigenvalue weighted by molar-refractivity contribution is -0.120. The summed E-state index contributed by atoms with van der Waals surface area (Å²) in [6.45, 7) is 5.40. The zero-order chi connectivity index (χ0) is 22.5. The number of rotatable bonds is 8. The molecule has 0 bridgehead atoms. The average Bonchev–Trinajstić information content (AvgIpc) is 3.24. The number of hydrogen-bond acceptors (Lipinski definition) is 5. The fraction of sp³-hybridized carbons (Fsp3) is 0.417. The monoisotopic (exact) mass is 440 g/mol. The summed E-state index contributed by atoms with van der Waals surface area (Å²) in [6, 6.07) is 12.1. The minimum absolute atomic E-state index is 0.0582. The lowest BCUT2D eigenvalue weighted by Crippen LogP contribution is -2.50. The van der Waals surface area contributed by atoms with Crippen LogP contribution in [0, 0.1) is 5.82 Å². The number of benzene rings is 2. The predicted octanol–water partition coefficient (Wildman–Crippen LogP) is 1.79. The molecule has 2 aromatic carbocycles. The number of amides is 2. The molecular weight excluding hydrogens is 411 g/mol. The highest BCUT2D eigenvalue weighted by Crippen LogP contribution is 2.26. The summed E-state index contributed by atoms with van der Waals surface area (Å²) in [5, 5.41) is 0. The predicted molar refractivity (Wildman–Crippen MR) is 120 cm³/mol. The highest BCUT2D eigenvalue weighted by molar-refractivity contribution is 5.95. The molecule has 2 amide bonds. The largest absolute Gasteiger partial charge is 0.493 e. The Hall–Kier alpha value is -2.97. The van der Waals surface area contributed by atoms with Crippen molar-refractivity contribution in [2.75, 3.05) is 50.8 Å². The van der Waals surface area contributed by atoms with Crippen molar-refractivity contribution in [1.29, 1.82) is 0 Å². The summed E-state index contributed by atoms with van der Waals surface area (Å²) in [5.41, 5.74) is 8.41. The zero-order valence-electron chi connectivity index (χ0n) is 18.1. The Morgan fingerprint density at radius 1 is 1.03 bits per heavy atom. The molecule has 0 aromatic heterocycles.